The summed E-state index contributed by atoms with van der Waals surface area (Å²) in [5, 5.41) is 0. The van der Waals surface area contributed by atoms with E-state index in [1.807, 2.05) is 34.1 Å². The SMILES string of the molecule is COc1cccc(CC(=O)N2CCN(C(=O)c3cc(C)n(C4CCCCC4)c3C)CC2)c1. The zero-order valence-corrected chi connectivity index (χ0v) is 19.6. The number of hydrogen-bond acceptors (Lipinski definition) is 3. The highest BCUT2D eigenvalue weighted by molar-refractivity contribution is 5.96. The molecule has 6 nitrogen and oxygen atoms in total. The van der Waals surface area contributed by atoms with Gasteiger partial charge in [0.05, 0.1) is 19.1 Å². The van der Waals surface area contributed by atoms with Gasteiger partial charge in [0, 0.05) is 43.6 Å². The first-order chi connectivity index (χ1) is 15.5. The van der Waals surface area contributed by atoms with E-state index in [-0.39, 0.29) is 11.8 Å². The van der Waals surface area contributed by atoms with Crippen molar-refractivity contribution in [2.75, 3.05) is 33.3 Å². The van der Waals surface area contributed by atoms with Gasteiger partial charge >= 0.3 is 0 Å². The van der Waals surface area contributed by atoms with Crippen LogP contribution in [0.4, 0.5) is 0 Å². The Kier molecular flexibility index (Phi) is 6.87. The highest BCUT2D eigenvalue weighted by Crippen LogP contribution is 2.32. The fourth-order valence-electron chi connectivity index (χ4n) is 5.29. The highest BCUT2D eigenvalue weighted by atomic mass is 16.5. The monoisotopic (exact) mass is 437 g/mol. The van der Waals surface area contributed by atoms with E-state index in [0.29, 0.717) is 38.6 Å². The van der Waals surface area contributed by atoms with E-state index in [0.717, 1.165) is 22.6 Å². The van der Waals surface area contributed by atoms with E-state index in [2.05, 4.69) is 24.5 Å². The van der Waals surface area contributed by atoms with Crippen molar-refractivity contribution in [1.82, 2.24) is 14.4 Å². The van der Waals surface area contributed by atoms with Gasteiger partial charge in [-0.1, -0.05) is 31.4 Å². The van der Waals surface area contributed by atoms with Crippen LogP contribution in [-0.4, -0.2) is 59.5 Å². The van der Waals surface area contributed by atoms with E-state index in [9.17, 15) is 9.59 Å². The molecule has 0 spiro atoms. The van der Waals surface area contributed by atoms with E-state index in [1.54, 1.807) is 7.11 Å². The fraction of sp³-hybridized carbons (Fsp3) is 0.538. The minimum absolute atomic E-state index is 0.0973. The van der Waals surface area contributed by atoms with Gasteiger partial charge in [0.25, 0.3) is 5.91 Å². The molecule has 172 valence electrons. The number of aromatic nitrogens is 1. The van der Waals surface area contributed by atoms with Crippen molar-refractivity contribution in [3.8, 4) is 5.75 Å². The number of nitrogens with zero attached hydrogens (tertiary/aromatic N) is 3. The number of rotatable bonds is 5. The number of benzene rings is 1. The van der Waals surface area contributed by atoms with Gasteiger partial charge in [0.1, 0.15) is 5.75 Å². The summed E-state index contributed by atoms with van der Waals surface area (Å²) in [7, 11) is 1.63. The van der Waals surface area contributed by atoms with E-state index in [4.69, 9.17) is 4.74 Å². The average Bonchev–Trinajstić information content (AvgIpc) is 3.13. The summed E-state index contributed by atoms with van der Waals surface area (Å²) >= 11 is 0. The van der Waals surface area contributed by atoms with Crippen molar-refractivity contribution in [1.29, 1.82) is 0 Å². The van der Waals surface area contributed by atoms with Crippen molar-refractivity contribution in [3.05, 3.63) is 52.8 Å². The summed E-state index contributed by atoms with van der Waals surface area (Å²) in [5.41, 5.74) is 4.05. The largest absolute Gasteiger partial charge is 0.497 e. The fourth-order valence-corrected chi connectivity index (χ4v) is 5.29. The second-order valence-corrected chi connectivity index (χ2v) is 9.15. The molecule has 1 aromatic carbocycles. The predicted octanol–water partition coefficient (Wildman–Crippen LogP) is 4.15. The summed E-state index contributed by atoms with van der Waals surface area (Å²) in [6.45, 7) is 6.52. The van der Waals surface area contributed by atoms with Gasteiger partial charge in [-0.2, -0.15) is 0 Å². The quantitative estimate of drug-likeness (QED) is 0.706. The van der Waals surface area contributed by atoms with Crippen molar-refractivity contribution in [3.63, 3.8) is 0 Å². The van der Waals surface area contributed by atoms with Crippen LogP contribution in [0.25, 0.3) is 0 Å². The van der Waals surface area contributed by atoms with Crippen LogP contribution >= 0.6 is 0 Å². The van der Waals surface area contributed by atoms with Crippen LogP contribution in [0.5, 0.6) is 5.75 Å². The zero-order chi connectivity index (χ0) is 22.7. The summed E-state index contributed by atoms with van der Waals surface area (Å²) in [4.78, 5) is 29.8. The third-order valence-electron chi connectivity index (χ3n) is 7.06. The van der Waals surface area contributed by atoms with E-state index >= 15 is 0 Å². The van der Waals surface area contributed by atoms with Gasteiger partial charge in [-0.25, -0.2) is 0 Å². The van der Waals surface area contributed by atoms with Crippen molar-refractivity contribution in [2.45, 2.75) is 58.4 Å². The maximum atomic E-state index is 13.3. The lowest BCUT2D eigenvalue weighted by molar-refractivity contribution is -0.131. The molecule has 0 radical (unpaired) electrons. The number of ether oxygens (including phenoxy) is 1. The van der Waals surface area contributed by atoms with Crippen LogP contribution in [-0.2, 0) is 11.2 Å². The molecule has 1 aromatic heterocycles. The molecule has 0 unspecified atom stereocenters. The lowest BCUT2D eigenvalue weighted by atomic mass is 9.95. The summed E-state index contributed by atoms with van der Waals surface area (Å²) in [6.07, 6.45) is 6.64. The minimum atomic E-state index is 0.0973. The molecule has 2 aromatic rings. The van der Waals surface area contributed by atoms with Crippen LogP contribution in [0.15, 0.2) is 30.3 Å². The molecule has 2 amide bonds. The van der Waals surface area contributed by atoms with E-state index < -0.39 is 0 Å². The number of methoxy groups -OCH3 is 1. The van der Waals surface area contributed by atoms with Crippen LogP contribution in [0.1, 0.15) is 65.5 Å². The van der Waals surface area contributed by atoms with Gasteiger partial charge in [-0.3, -0.25) is 9.59 Å². The molecule has 1 aliphatic heterocycles. The Morgan fingerprint density at radius 1 is 0.969 bits per heavy atom. The van der Waals surface area contributed by atoms with Crippen LogP contribution in [0.3, 0.4) is 0 Å². The van der Waals surface area contributed by atoms with Crippen molar-refractivity contribution in [2.24, 2.45) is 0 Å². The molecule has 1 saturated heterocycles. The summed E-state index contributed by atoms with van der Waals surface area (Å²) in [6, 6.07) is 10.2. The molecule has 2 aliphatic rings. The Hall–Kier alpha value is -2.76. The first-order valence-electron chi connectivity index (χ1n) is 11.9. The normalized spacial score (nSPS) is 17.5. The van der Waals surface area contributed by atoms with Crippen molar-refractivity contribution >= 4 is 11.8 Å². The molecule has 2 fully saturated rings. The molecule has 0 N–H and O–H groups in total. The number of piperazine rings is 1. The third kappa shape index (κ3) is 4.69. The number of carbonyl (C=O) groups is 2. The Bertz CT molecular complexity index is 967. The molecule has 1 saturated carbocycles. The average molecular weight is 438 g/mol. The van der Waals surface area contributed by atoms with Crippen molar-refractivity contribution < 1.29 is 14.3 Å². The Morgan fingerprint density at radius 3 is 2.34 bits per heavy atom. The van der Waals surface area contributed by atoms with Gasteiger partial charge in [-0.05, 0) is 50.5 Å². The highest BCUT2D eigenvalue weighted by Gasteiger charge is 2.28. The molecule has 1 aliphatic carbocycles. The molecule has 0 atom stereocenters. The Labute approximate surface area is 191 Å². The van der Waals surface area contributed by atoms with Gasteiger partial charge in [0.15, 0.2) is 0 Å². The summed E-state index contributed by atoms with van der Waals surface area (Å²) < 4.78 is 7.64. The number of amides is 2. The molecule has 0 bridgehead atoms. The first kappa shape index (κ1) is 22.4. The number of carbonyl (C=O) groups excluding carboxylic acids is 2. The van der Waals surface area contributed by atoms with Crippen LogP contribution in [0.2, 0.25) is 0 Å². The molecule has 32 heavy (non-hydrogen) atoms. The molecule has 6 heteroatoms. The predicted molar refractivity (Wildman–Crippen MR) is 125 cm³/mol. The molecular formula is C26H35N3O3. The minimum Gasteiger partial charge on any atom is -0.497 e. The second-order valence-electron chi connectivity index (χ2n) is 9.15. The topological polar surface area (TPSA) is 54.8 Å². The molecule has 2 heterocycles. The molecule has 4 rings (SSSR count). The standard InChI is InChI=1S/C26H35N3O3/c1-19-16-24(20(2)29(19)22-9-5-4-6-10-22)26(31)28-14-12-27(13-15-28)25(30)18-21-8-7-11-23(17-21)32-3/h7-8,11,16-17,22H,4-6,9-10,12-15,18H2,1-3H3. The first-order valence-corrected chi connectivity index (χ1v) is 11.9. The van der Waals surface area contributed by atoms with E-state index in [1.165, 1.54) is 37.8 Å². The Balaban J connectivity index is 1.37. The van der Waals surface area contributed by atoms with Gasteiger partial charge in [0.2, 0.25) is 5.91 Å². The lowest BCUT2D eigenvalue weighted by Crippen LogP contribution is -2.51. The third-order valence-corrected chi connectivity index (χ3v) is 7.06. The maximum Gasteiger partial charge on any atom is 0.255 e. The second kappa shape index (κ2) is 9.80. The van der Waals surface area contributed by atoms with Crippen LogP contribution < -0.4 is 4.74 Å². The van der Waals surface area contributed by atoms with Gasteiger partial charge in [-0.15, -0.1) is 0 Å². The maximum absolute atomic E-state index is 13.3. The van der Waals surface area contributed by atoms with Crippen LogP contribution in [0, 0.1) is 13.8 Å². The number of aryl methyl sites for hydroxylation is 1. The lowest BCUT2D eigenvalue weighted by Gasteiger charge is -2.35. The zero-order valence-electron chi connectivity index (χ0n) is 19.6. The Morgan fingerprint density at radius 2 is 1.66 bits per heavy atom. The smallest absolute Gasteiger partial charge is 0.255 e. The molecular weight excluding hydrogens is 402 g/mol. The number of hydrogen-bond donors (Lipinski definition) is 0. The summed E-state index contributed by atoms with van der Waals surface area (Å²) in [5.74, 6) is 0.956. The van der Waals surface area contributed by atoms with Gasteiger partial charge < -0.3 is 19.1 Å².